The summed E-state index contributed by atoms with van der Waals surface area (Å²) in [6.07, 6.45) is 1.52. The van der Waals surface area contributed by atoms with Gasteiger partial charge in [0.1, 0.15) is 22.5 Å². The van der Waals surface area contributed by atoms with E-state index in [9.17, 15) is 19.3 Å². The van der Waals surface area contributed by atoms with Crippen molar-refractivity contribution in [3.63, 3.8) is 0 Å². The number of carbonyl (C=O) groups excluding carboxylic acids is 1. The topological polar surface area (TPSA) is 72.7 Å². The van der Waals surface area contributed by atoms with Crippen molar-refractivity contribution in [2.24, 2.45) is 0 Å². The first-order valence-corrected chi connectivity index (χ1v) is 8.95. The van der Waals surface area contributed by atoms with Crippen LogP contribution >= 0.6 is 24.0 Å². The number of amides is 1. The Morgan fingerprint density at radius 1 is 1.30 bits per heavy atom. The summed E-state index contributed by atoms with van der Waals surface area (Å²) in [4.78, 5) is 24.5. The lowest BCUT2D eigenvalue weighted by Gasteiger charge is -2.10. The van der Waals surface area contributed by atoms with Crippen molar-refractivity contribution in [3.05, 3.63) is 74.4 Å². The number of likely N-dealkylation sites (N-methyl/N-ethyl adjacent to an activating group) is 1. The van der Waals surface area contributed by atoms with Gasteiger partial charge in [0.15, 0.2) is 0 Å². The molecule has 1 aliphatic rings. The summed E-state index contributed by atoms with van der Waals surface area (Å²) in [5, 5.41) is 11.1. The summed E-state index contributed by atoms with van der Waals surface area (Å²) in [6.45, 7) is 0.146. The van der Waals surface area contributed by atoms with Crippen LogP contribution < -0.4 is 4.74 Å². The molecule has 0 aliphatic carbocycles. The maximum atomic E-state index is 13.0. The van der Waals surface area contributed by atoms with Crippen molar-refractivity contribution in [2.75, 3.05) is 7.05 Å². The van der Waals surface area contributed by atoms with Crippen LogP contribution in [-0.4, -0.2) is 27.1 Å². The minimum absolute atomic E-state index is 0.123. The Labute approximate surface area is 163 Å². The minimum Gasteiger partial charge on any atom is -0.488 e. The maximum absolute atomic E-state index is 13.0. The molecule has 2 aromatic carbocycles. The highest BCUT2D eigenvalue weighted by Crippen LogP contribution is 2.34. The smallest absolute Gasteiger partial charge is 0.270 e. The fourth-order valence-corrected chi connectivity index (χ4v) is 3.49. The molecule has 0 atom stereocenters. The predicted molar refractivity (Wildman–Crippen MR) is 105 cm³/mol. The van der Waals surface area contributed by atoms with E-state index in [1.54, 1.807) is 19.2 Å². The molecule has 0 aromatic heterocycles. The largest absolute Gasteiger partial charge is 0.488 e. The van der Waals surface area contributed by atoms with Crippen LogP contribution in [-0.2, 0) is 11.4 Å². The van der Waals surface area contributed by atoms with Gasteiger partial charge in [0.2, 0.25) is 0 Å². The van der Waals surface area contributed by atoms with Crippen LogP contribution in [0.2, 0.25) is 0 Å². The second kappa shape index (κ2) is 7.85. The van der Waals surface area contributed by atoms with Crippen molar-refractivity contribution in [3.8, 4) is 5.75 Å². The number of thioether (sulfide) groups is 1. The normalized spacial score (nSPS) is 15.5. The van der Waals surface area contributed by atoms with E-state index in [0.29, 0.717) is 20.5 Å². The Hall–Kier alpha value is -2.78. The van der Waals surface area contributed by atoms with Gasteiger partial charge in [-0.2, -0.15) is 0 Å². The molecule has 0 N–H and O–H groups in total. The quantitative estimate of drug-likeness (QED) is 0.323. The Balaban J connectivity index is 1.91. The monoisotopic (exact) mass is 404 g/mol. The zero-order valence-corrected chi connectivity index (χ0v) is 15.7. The van der Waals surface area contributed by atoms with E-state index in [1.165, 1.54) is 41.3 Å². The fraction of sp³-hybridized carbons (Fsp3) is 0.111. The number of thiocarbonyl (C=S) groups is 1. The number of nitro benzene ring substituents is 1. The molecular weight excluding hydrogens is 391 g/mol. The van der Waals surface area contributed by atoms with Gasteiger partial charge in [-0.15, -0.1) is 0 Å². The lowest BCUT2D eigenvalue weighted by molar-refractivity contribution is -0.384. The lowest BCUT2D eigenvalue weighted by Crippen LogP contribution is -2.22. The molecule has 1 heterocycles. The number of benzene rings is 2. The van der Waals surface area contributed by atoms with Crippen LogP contribution in [0.1, 0.15) is 11.1 Å². The molecule has 2 aromatic rings. The highest BCUT2D eigenvalue weighted by Gasteiger charge is 2.29. The molecule has 138 valence electrons. The third-order valence-electron chi connectivity index (χ3n) is 3.78. The molecule has 1 saturated heterocycles. The third-order valence-corrected chi connectivity index (χ3v) is 5.27. The van der Waals surface area contributed by atoms with Crippen molar-refractivity contribution >= 4 is 46.0 Å². The zero-order valence-electron chi connectivity index (χ0n) is 14.0. The first-order valence-electron chi connectivity index (χ1n) is 7.72. The standard InChI is InChI=1S/C18H13FN2O4S2/c1-20-17(22)16(27-18(20)26)9-12-8-14(21(23)24)6-7-15(12)25-10-11-2-4-13(19)5-3-11/h2-9H,10H2,1H3/b16-9+. The number of nitro groups is 1. The van der Waals surface area contributed by atoms with E-state index < -0.39 is 4.92 Å². The van der Waals surface area contributed by atoms with E-state index in [-0.39, 0.29) is 24.0 Å². The van der Waals surface area contributed by atoms with E-state index in [4.69, 9.17) is 17.0 Å². The second-order valence-electron chi connectivity index (χ2n) is 5.64. The molecule has 0 spiro atoms. The van der Waals surface area contributed by atoms with Crippen molar-refractivity contribution in [1.82, 2.24) is 4.90 Å². The number of rotatable bonds is 5. The molecule has 6 nitrogen and oxygen atoms in total. The van der Waals surface area contributed by atoms with Crippen LogP contribution in [0.3, 0.4) is 0 Å². The zero-order chi connectivity index (χ0) is 19.6. The average molecular weight is 404 g/mol. The molecule has 27 heavy (non-hydrogen) atoms. The summed E-state index contributed by atoms with van der Waals surface area (Å²) in [5.74, 6) is -0.261. The molecule has 1 aliphatic heterocycles. The average Bonchev–Trinajstić information content (AvgIpc) is 2.88. The van der Waals surface area contributed by atoms with Crippen molar-refractivity contribution < 1.29 is 18.8 Å². The Bertz CT molecular complexity index is 960. The number of hydrogen-bond acceptors (Lipinski definition) is 6. The van der Waals surface area contributed by atoms with Crippen LogP contribution in [0.4, 0.5) is 10.1 Å². The van der Waals surface area contributed by atoms with Gasteiger partial charge in [0.05, 0.1) is 9.83 Å². The summed E-state index contributed by atoms with van der Waals surface area (Å²) in [5.41, 5.74) is 1.00. The predicted octanol–water partition coefficient (Wildman–Crippen LogP) is 4.14. The summed E-state index contributed by atoms with van der Waals surface area (Å²) in [7, 11) is 1.57. The fourth-order valence-electron chi connectivity index (χ4n) is 2.32. The Morgan fingerprint density at radius 2 is 2.00 bits per heavy atom. The van der Waals surface area contributed by atoms with Crippen molar-refractivity contribution in [1.29, 1.82) is 0 Å². The third kappa shape index (κ3) is 4.32. The van der Waals surface area contributed by atoms with Gasteiger partial charge in [-0.3, -0.25) is 19.8 Å². The molecule has 1 amide bonds. The van der Waals surface area contributed by atoms with E-state index >= 15 is 0 Å². The van der Waals surface area contributed by atoms with Crippen molar-refractivity contribution in [2.45, 2.75) is 6.61 Å². The van der Waals surface area contributed by atoms with Gasteiger partial charge in [0.25, 0.3) is 11.6 Å². The van der Waals surface area contributed by atoms with E-state index in [0.717, 1.165) is 17.3 Å². The summed E-state index contributed by atoms with van der Waals surface area (Å²) < 4.78 is 19.1. The van der Waals surface area contributed by atoms with Gasteiger partial charge < -0.3 is 4.74 Å². The molecule has 0 bridgehead atoms. The summed E-state index contributed by atoms with van der Waals surface area (Å²) in [6, 6.07) is 9.94. The van der Waals surface area contributed by atoms with Gasteiger partial charge in [-0.25, -0.2) is 4.39 Å². The highest BCUT2D eigenvalue weighted by molar-refractivity contribution is 8.26. The number of carbonyl (C=O) groups is 1. The van der Waals surface area contributed by atoms with Crippen LogP contribution in [0.5, 0.6) is 5.75 Å². The number of nitrogens with zero attached hydrogens (tertiary/aromatic N) is 2. The van der Waals surface area contributed by atoms with Gasteiger partial charge in [0, 0.05) is 24.7 Å². The number of halogens is 1. The van der Waals surface area contributed by atoms with Gasteiger partial charge in [-0.1, -0.05) is 36.1 Å². The Kier molecular flexibility index (Phi) is 5.52. The highest BCUT2D eigenvalue weighted by atomic mass is 32.2. The van der Waals surface area contributed by atoms with Crippen LogP contribution in [0.15, 0.2) is 47.4 Å². The molecule has 0 saturated carbocycles. The van der Waals surface area contributed by atoms with Gasteiger partial charge in [-0.05, 0) is 29.8 Å². The van der Waals surface area contributed by atoms with Gasteiger partial charge >= 0.3 is 0 Å². The number of non-ortho nitro benzene ring substituents is 1. The van der Waals surface area contributed by atoms with Crippen LogP contribution in [0.25, 0.3) is 6.08 Å². The van der Waals surface area contributed by atoms with Crippen LogP contribution in [0, 0.1) is 15.9 Å². The molecular formula is C18H13FN2O4S2. The minimum atomic E-state index is -0.522. The number of hydrogen-bond donors (Lipinski definition) is 0. The Morgan fingerprint density at radius 3 is 2.59 bits per heavy atom. The lowest BCUT2D eigenvalue weighted by atomic mass is 10.1. The first-order chi connectivity index (χ1) is 12.8. The maximum Gasteiger partial charge on any atom is 0.270 e. The molecule has 1 fully saturated rings. The summed E-state index contributed by atoms with van der Waals surface area (Å²) >= 11 is 6.21. The van der Waals surface area contributed by atoms with E-state index in [1.807, 2.05) is 0 Å². The SMILES string of the molecule is CN1C(=O)/C(=C\c2cc([N+](=O)[O-])ccc2OCc2ccc(F)cc2)SC1=S. The molecule has 0 unspecified atom stereocenters. The molecule has 9 heteroatoms. The molecule has 3 rings (SSSR count). The second-order valence-corrected chi connectivity index (χ2v) is 7.31. The number of ether oxygens (including phenoxy) is 1. The molecule has 0 radical (unpaired) electrons. The first kappa shape index (κ1) is 19.0. The van der Waals surface area contributed by atoms with E-state index in [2.05, 4.69) is 0 Å².